The fourth-order valence-electron chi connectivity index (χ4n) is 1.68. The SMILES string of the molecule is CC(C)(C)N(CCC(=O)O)C(=O)c1ccc(CN)o1. The molecular weight excluding hydrogens is 248 g/mol. The van der Waals surface area contributed by atoms with Crippen LogP contribution in [0.2, 0.25) is 0 Å². The summed E-state index contributed by atoms with van der Waals surface area (Å²) in [5.74, 6) is -0.561. The van der Waals surface area contributed by atoms with Crippen LogP contribution in [-0.2, 0) is 11.3 Å². The van der Waals surface area contributed by atoms with Crippen molar-refractivity contribution in [1.82, 2.24) is 4.90 Å². The molecule has 1 amide bonds. The van der Waals surface area contributed by atoms with Gasteiger partial charge in [0, 0.05) is 12.1 Å². The highest BCUT2D eigenvalue weighted by Crippen LogP contribution is 2.19. The molecule has 19 heavy (non-hydrogen) atoms. The molecule has 1 heterocycles. The van der Waals surface area contributed by atoms with E-state index in [4.69, 9.17) is 15.3 Å². The van der Waals surface area contributed by atoms with Crippen LogP contribution in [0.15, 0.2) is 16.5 Å². The molecule has 0 aliphatic rings. The zero-order valence-electron chi connectivity index (χ0n) is 11.5. The number of carboxylic acid groups (broad SMARTS) is 1. The number of nitrogens with two attached hydrogens (primary N) is 1. The van der Waals surface area contributed by atoms with Crippen molar-refractivity contribution in [3.63, 3.8) is 0 Å². The first-order chi connectivity index (χ1) is 8.75. The fraction of sp³-hybridized carbons (Fsp3) is 0.538. The van der Waals surface area contributed by atoms with E-state index >= 15 is 0 Å². The van der Waals surface area contributed by atoms with E-state index in [1.807, 2.05) is 20.8 Å². The lowest BCUT2D eigenvalue weighted by Crippen LogP contribution is -2.46. The van der Waals surface area contributed by atoms with Crippen molar-refractivity contribution in [2.75, 3.05) is 6.54 Å². The van der Waals surface area contributed by atoms with Crippen molar-refractivity contribution in [2.24, 2.45) is 5.73 Å². The lowest BCUT2D eigenvalue weighted by molar-refractivity contribution is -0.137. The van der Waals surface area contributed by atoms with Gasteiger partial charge >= 0.3 is 5.97 Å². The molecule has 0 fully saturated rings. The molecule has 3 N–H and O–H groups in total. The van der Waals surface area contributed by atoms with E-state index in [0.717, 1.165) is 0 Å². The van der Waals surface area contributed by atoms with Crippen molar-refractivity contribution in [2.45, 2.75) is 39.3 Å². The van der Waals surface area contributed by atoms with Crippen LogP contribution in [0.5, 0.6) is 0 Å². The molecule has 0 atom stereocenters. The second-order valence-electron chi connectivity index (χ2n) is 5.24. The molecule has 0 aromatic carbocycles. The van der Waals surface area contributed by atoms with Gasteiger partial charge in [0.2, 0.25) is 0 Å². The molecule has 0 unspecified atom stereocenters. The maximum absolute atomic E-state index is 12.3. The van der Waals surface area contributed by atoms with Crippen LogP contribution in [-0.4, -0.2) is 34.0 Å². The molecule has 1 rings (SSSR count). The van der Waals surface area contributed by atoms with Gasteiger partial charge in [-0.15, -0.1) is 0 Å². The van der Waals surface area contributed by atoms with Crippen LogP contribution >= 0.6 is 0 Å². The van der Waals surface area contributed by atoms with Gasteiger partial charge < -0.3 is 20.2 Å². The van der Waals surface area contributed by atoms with Crippen LogP contribution in [0.4, 0.5) is 0 Å². The number of carbonyl (C=O) groups excluding carboxylic acids is 1. The maximum atomic E-state index is 12.3. The number of hydrogen-bond acceptors (Lipinski definition) is 4. The van der Waals surface area contributed by atoms with Crippen LogP contribution in [0, 0.1) is 0 Å². The topological polar surface area (TPSA) is 96.8 Å². The van der Waals surface area contributed by atoms with Gasteiger partial charge in [-0.05, 0) is 32.9 Å². The molecule has 6 heteroatoms. The second kappa shape index (κ2) is 5.88. The van der Waals surface area contributed by atoms with Gasteiger partial charge in [-0.3, -0.25) is 9.59 Å². The summed E-state index contributed by atoms with van der Waals surface area (Å²) in [6.45, 7) is 5.90. The normalized spacial score (nSPS) is 11.4. The van der Waals surface area contributed by atoms with E-state index in [9.17, 15) is 9.59 Å². The standard InChI is InChI=1S/C13H20N2O4/c1-13(2,3)15(7-6-11(16)17)12(18)10-5-4-9(8-14)19-10/h4-5H,6-8,14H2,1-3H3,(H,16,17). The third-order valence-electron chi connectivity index (χ3n) is 2.68. The lowest BCUT2D eigenvalue weighted by Gasteiger charge is -2.34. The number of amides is 1. The van der Waals surface area contributed by atoms with Crippen LogP contribution < -0.4 is 5.73 Å². The zero-order valence-corrected chi connectivity index (χ0v) is 11.5. The van der Waals surface area contributed by atoms with Crippen LogP contribution in [0.3, 0.4) is 0 Å². The Hall–Kier alpha value is -1.82. The van der Waals surface area contributed by atoms with Crippen LogP contribution in [0.25, 0.3) is 0 Å². The van der Waals surface area contributed by atoms with Gasteiger partial charge in [-0.1, -0.05) is 0 Å². The molecule has 0 saturated carbocycles. The molecule has 0 bridgehead atoms. The Balaban J connectivity index is 2.90. The predicted molar refractivity (Wildman–Crippen MR) is 69.6 cm³/mol. The molecule has 0 aliphatic heterocycles. The molecule has 106 valence electrons. The lowest BCUT2D eigenvalue weighted by atomic mass is 10.0. The first kappa shape index (κ1) is 15.2. The summed E-state index contributed by atoms with van der Waals surface area (Å²) in [6, 6.07) is 3.20. The quantitative estimate of drug-likeness (QED) is 0.842. The third kappa shape index (κ3) is 4.10. The van der Waals surface area contributed by atoms with E-state index in [0.29, 0.717) is 5.76 Å². The monoisotopic (exact) mass is 268 g/mol. The van der Waals surface area contributed by atoms with E-state index in [2.05, 4.69) is 0 Å². The number of carboxylic acids is 1. The summed E-state index contributed by atoms with van der Waals surface area (Å²) in [6.07, 6.45) is -0.104. The Morgan fingerprint density at radius 2 is 2.00 bits per heavy atom. The van der Waals surface area contributed by atoms with Crippen molar-refractivity contribution in [3.8, 4) is 0 Å². The van der Waals surface area contributed by atoms with Gasteiger partial charge in [0.25, 0.3) is 5.91 Å². The number of carbonyl (C=O) groups is 2. The van der Waals surface area contributed by atoms with Crippen molar-refractivity contribution in [3.05, 3.63) is 23.7 Å². The molecule has 1 aromatic rings. The molecule has 0 aliphatic carbocycles. The van der Waals surface area contributed by atoms with E-state index in [1.54, 1.807) is 12.1 Å². The minimum Gasteiger partial charge on any atom is -0.481 e. The smallest absolute Gasteiger partial charge is 0.305 e. The molecule has 0 spiro atoms. The van der Waals surface area contributed by atoms with Crippen molar-refractivity contribution in [1.29, 1.82) is 0 Å². The van der Waals surface area contributed by atoms with Crippen molar-refractivity contribution >= 4 is 11.9 Å². The van der Waals surface area contributed by atoms with Gasteiger partial charge in [-0.2, -0.15) is 0 Å². The summed E-state index contributed by atoms with van der Waals surface area (Å²) in [4.78, 5) is 24.5. The van der Waals surface area contributed by atoms with E-state index < -0.39 is 11.5 Å². The maximum Gasteiger partial charge on any atom is 0.305 e. The number of aliphatic carboxylic acids is 1. The Bertz CT molecular complexity index is 459. The number of furan rings is 1. The Labute approximate surface area is 112 Å². The van der Waals surface area contributed by atoms with Gasteiger partial charge in [-0.25, -0.2) is 0 Å². The molecule has 1 aromatic heterocycles. The zero-order chi connectivity index (χ0) is 14.6. The highest BCUT2D eigenvalue weighted by atomic mass is 16.4. The molecule has 6 nitrogen and oxygen atoms in total. The molecular formula is C13H20N2O4. The van der Waals surface area contributed by atoms with Crippen molar-refractivity contribution < 1.29 is 19.1 Å². The number of nitrogens with zero attached hydrogens (tertiary/aromatic N) is 1. The number of rotatable bonds is 5. The Morgan fingerprint density at radius 1 is 1.37 bits per heavy atom. The first-order valence-corrected chi connectivity index (χ1v) is 6.08. The van der Waals surface area contributed by atoms with E-state index in [-0.39, 0.29) is 31.2 Å². The van der Waals surface area contributed by atoms with Gasteiger partial charge in [0.1, 0.15) is 5.76 Å². The summed E-state index contributed by atoms with van der Waals surface area (Å²) in [7, 11) is 0. The minimum atomic E-state index is -0.941. The van der Waals surface area contributed by atoms with Crippen LogP contribution in [0.1, 0.15) is 43.5 Å². The summed E-state index contributed by atoms with van der Waals surface area (Å²) < 4.78 is 5.31. The fourth-order valence-corrected chi connectivity index (χ4v) is 1.68. The summed E-state index contributed by atoms with van der Waals surface area (Å²) in [5.41, 5.74) is 4.94. The second-order valence-corrected chi connectivity index (χ2v) is 5.24. The highest BCUT2D eigenvalue weighted by Gasteiger charge is 2.29. The van der Waals surface area contributed by atoms with Gasteiger partial charge in [0.15, 0.2) is 5.76 Å². The minimum absolute atomic E-state index is 0.104. The number of hydrogen-bond donors (Lipinski definition) is 2. The molecule has 0 saturated heterocycles. The highest BCUT2D eigenvalue weighted by molar-refractivity contribution is 5.92. The summed E-state index contributed by atoms with van der Waals surface area (Å²) >= 11 is 0. The average molecular weight is 268 g/mol. The summed E-state index contributed by atoms with van der Waals surface area (Å²) in [5, 5.41) is 8.74. The Morgan fingerprint density at radius 3 is 2.42 bits per heavy atom. The Kier molecular flexibility index (Phi) is 4.72. The predicted octanol–water partition coefficient (Wildman–Crippen LogP) is 1.45. The van der Waals surface area contributed by atoms with E-state index in [1.165, 1.54) is 4.90 Å². The largest absolute Gasteiger partial charge is 0.481 e. The molecule has 0 radical (unpaired) electrons. The van der Waals surface area contributed by atoms with Gasteiger partial charge in [0.05, 0.1) is 13.0 Å². The third-order valence-corrected chi connectivity index (χ3v) is 2.68. The first-order valence-electron chi connectivity index (χ1n) is 6.08. The average Bonchev–Trinajstić information content (AvgIpc) is 2.75.